The van der Waals surface area contributed by atoms with E-state index in [2.05, 4.69) is 11.9 Å². The smallest absolute Gasteiger partial charge is 0.325 e. The van der Waals surface area contributed by atoms with Crippen molar-refractivity contribution in [3.05, 3.63) is 72.8 Å². The van der Waals surface area contributed by atoms with Crippen LogP contribution in [0.4, 0.5) is 14.5 Å². The van der Waals surface area contributed by atoms with Crippen molar-refractivity contribution < 1.29 is 22.0 Å². The zero-order chi connectivity index (χ0) is 20.6. The van der Waals surface area contributed by atoms with Gasteiger partial charge in [-0.15, -0.1) is 6.58 Å². The van der Waals surface area contributed by atoms with Crippen molar-refractivity contribution in [1.29, 1.82) is 0 Å². The number of benzene rings is 2. The predicted octanol–water partition coefficient (Wildman–Crippen LogP) is 3.35. The van der Waals surface area contributed by atoms with Crippen LogP contribution in [0.15, 0.2) is 72.1 Å². The van der Waals surface area contributed by atoms with E-state index < -0.39 is 20.5 Å². The molecule has 0 fully saturated rings. The van der Waals surface area contributed by atoms with Gasteiger partial charge in [0, 0.05) is 18.8 Å². The van der Waals surface area contributed by atoms with Gasteiger partial charge in [-0.1, -0.05) is 36.4 Å². The third-order valence-electron chi connectivity index (χ3n) is 4.02. The Morgan fingerprint density at radius 1 is 1.11 bits per heavy atom. The number of nitrogens with one attached hydrogen (secondary N) is 1. The number of rotatable bonds is 10. The molecule has 2 aromatic rings. The van der Waals surface area contributed by atoms with Crippen molar-refractivity contribution in [1.82, 2.24) is 4.90 Å². The molecule has 150 valence electrons. The average Bonchev–Trinajstić information content (AvgIpc) is 2.67. The van der Waals surface area contributed by atoms with Crippen LogP contribution in [-0.2, 0) is 21.1 Å². The van der Waals surface area contributed by atoms with Crippen molar-refractivity contribution in [2.24, 2.45) is 0 Å². The lowest BCUT2D eigenvalue weighted by Crippen LogP contribution is -2.34. The summed E-state index contributed by atoms with van der Waals surface area (Å²) in [4.78, 5) is 13.7. The molecule has 1 N–H and O–H groups in total. The summed E-state index contributed by atoms with van der Waals surface area (Å²) in [6.45, 7) is 5.02. The van der Waals surface area contributed by atoms with Crippen LogP contribution in [-0.4, -0.2) is 44.6 Å². The van der Waals surface area contributed by atoms with Crippen molar-refractivity contribution in [2.75, 3.05) is 25.0 Å². The van der Waals surface area contributed by atoms with E-state index in [9.17, 15) is 22.0 Å². The molecule has 28 heavy (non-hydrogen) atoms. The van der Waals surface area contributed by atoms with E-state index in [1.807, 2.05) is 35.2 Å². The maximum Gasteiger partial charge on any atom is 0.341 e. The minimum Gasteiger partial charge on any atom is -0.325 e. The van der Waals surface area contributed by atoms with Gasteiger partial charge < -0.3 is 5.32 Å². The van der Waals surface area contributed by atoms with Crippen molar-refractivity contribution in [3.63, 3.8) is 0 Å². The lowest BCUT2D eigenvalue weighted by Gasteiger charge is -2.20. The molecule has 0 spiro atoms. The molecule has 0 heterocycles. The minimum atomic E-state index is -4.65. The first kappa shape index (κ1) is 21.7. The summed E-state index contributed by atoms with van der Waals surface area (Å²) in [7, 11) is -4.65. The normalized spacial score (nSPS) is 11.6. The molecular weight excluding hydrogens is 386 g/mol. The third-order valence-corrected chi connectivity index (χ3v) is 5.41. The third kappa shape index (κ3) is 6.24. The molecule has 0 saturated carbocycles. The molecule has 0 unspecified atom stereocenters. The minimum absolute atomic E-state index is 0.121. The van der Waals surface area contributed by atoms with Crippen LogP contribution < -0.4 is 5.32 Å². The summed E-state index contributed by atoms with van der Waals surface area (Å²) < 4.78 is 47.9. The van der Waals surface area contributed by atoms with Crippen LogP contribution in [0.25, 0.3) is 0 Å². The van der Waals surface area contributed by atoms with Crippen LogP contribution in [0.3, 0.4) is 0 Å². The fourth-order valence-corrected chi connectivity index (χ4v) is 3.30. The van der Waals surface area contributed by atoms with Crippen LogP contribution in [0, 0.1) is 0 Å². The predicted molar refractivity (Wildman–Crippen MR) is 105 cm³/mol. The first-order chi connectivity index (χ1) is 13.3. The number of hydrogen-bond donors (Lipinski definition) is 1. The number of amides is 1. The number of carbonyl (C=O) groups is 1. The molecule has 2 aromatic carbocycles. The van der Waals surface area contributed by atoms with Crippen molar-refractivity contribution in [3.8, 4) is 0 Å². The maximum atomic E-state index is 12.5. The van der Waals surface area contributed by atoms with Gasteiger partial charge in [0.1, 0.15) is 0 Å². The van der Waals surface area contributed by atoms with Gasteiger partial charge in [-0.3, -0.25) is 9.69 Å². The maximum absolute atomic E-state index is 12.5. The molecule has 0 aliphatic heterocycles. The Balaban J connectivity index is 1.94. The van der Waals surface area contributed by atoms with Gasteiger partial charge in [-0.25, -0.2) is 8.42 Å². The number of hydrogen-bond acceptors (Lipinski definition) is 4. The van der Waals surface area contributed by atoms with Gasteiger partial charge in [0.25, 0.3) is 0 Å². The summed E-state index contributed by atoms with van der Waals surface area (Å²) in [6, 6.07) is 14.6. The van der Waals surface area contributed by atoms with Gasteiger partial charge in [-0.2, -0.15) is 8.78 Å². The van der Waals surface area contributed by atoms with E-state index in [4.69, 9.17) is 0 Å². The molecule has 5 nitrogen and oxygen atoms in total. The molecular formula is C20H22F2N2O3S. The van der Waals surface area contributed by atoms with E-state index in [0.717, 1.165) is 24.1 Å². The Hall–Kier alpha value is -2.58. The van der Waals surface area contributed by atoms with Gasteiger partial charge in [0.05, 0.1) is 11.4 Å². The van der Waals surface area contributed by atoms with Gasteiger partial charge in [0.15, 0.2) is 0 Å². The van der Waals surface area contributed by atoms with E-state index >= 15 is 0 Å². The fraction of sp³-hybridized carbons (Fsp3) is 0.250. The van der Waals surface area contributed by atoms with Crippen molar-refractivity contribution in [2.45, 2.75) is 17.1 Å². The lowest BCUT2D eigenvalue weighted by atomic mass is 10.1. The second kappa shape index (κ2) is 10.1. The Labute approximate surface area is 163 Å². The lowest BCUT2D eigenvalue weighted by molar-refractivity contribution is -0.117. The van der Waals surface area contributed by atoms with E-state index in [1.165, 1.54) is 12.1 Å². The van der Waals surface area contributed by atoms with Crippen LogP contribution in [0.1, 0.15) is 5.56 Å². The molecule has 2 rings (SSSR count). The molecule has 0 radical (unpaired) electrons. The molecule has 0 aromatic heterocycles. The quantitative estimate of drug-likeness (QED) is 0.613. The monoisotopic (exact) mass is 408 g/mol. The van der Waals surface area contributed by atoms with Gasteiger partial charge in [-0.05, 0) is 36.2 Å². The van der Waals surface area contributed by atoms with Gasteiger partial charge >= 0.3 is 5.76 Å². The standard InChI is InChI=1S/C20H22F2N2O3S/c1-2-13-24(14-12-16-6-4-3-5-7-16)15-19(25)23-17-8-10-18(11-9-17)28(26,27)20(21)22/h2-11,20H,1,12-15H2,(H,23,25). The number of alkyl halides is 2. The number of anilines is 1. The highest BCUT2D eigenvalue weighted by Gasteiger charge is 2.26. The highest BCUT2D eigenvalue weighted by atomic mass is 32.2. The Morgan fingerprint density at radius 3 is 2.32 bits per heavy atom. The molecule has 8 heteroatoms. The SMILES string of the molecule is C=CCN(CCc1ccccc1)CC(=O)Nc1ccc(S(=O)(=O)C(F)F)cc1. The Morgan fingerprint density at radius 2 is 1.75 bits per heavy atom. The number of sulfone groups is 1. The number of nitrogens with zero attached hydrogens (tertiary/aromatic N) is 1. The molecule has 0 aliphatic rings. The molecule has 0 aliphatic carbocycles. The Kier molecular flexibility index (Phi) is 7.83. The average molecular weight is 408 g/mol. The summed E-state index contributed by atoms with van der Waals surface area (Å²) >= 11 is 0. The van der Waals surface area contributed by atoms with E-state index in [0.29, 0.717) is 18.8 Å². The summed E-state index contributed by atoms with van der Waals surface area (Å²) in [5.74, 6) is -3.77. The molecule has 0 saturated heterocycles. The van der Waals surface area contributed by atoms with Crippen LogP contribution in [0.2, 0.25) is 0 Å². The largest absolute Gasteiger partial charge is 0.341 e. The molecule has 0 bridgehead atoms. The van der Waals surface area contributed by atoms with Gasteiger partial charge in [0.2, 0.25) is 15.7 Å². The zero-order valence-electron chi connectivity index (χ0n) is 15.2. The number of halogens is 2. The topological polar surface area (TPSA) is 66.5 Å². The van der Waals surface area contributed by atoms with E-state index in [1.54, 1.807) is 6.08 Å². The van der Waals surface area contributed by atoms with E-state index in [-0.39, 0.29) is 12.5 Å². The zero-order valence-corrected chi connectivity index (χ0v) is 16.0. The van der Waals surface area contributed by atoms with Crippen molar-refractivity contribution >= 4 is 21.4 Å². The highest BCUT2D eigenvalue weighted by Crippen LogP contribution is 2.20. The second-order valence-corrected chi connectivity index (χ2v) is 8.06. The van der Waals surface area contributed by atoms with Crippen LogP contribution >= 0.6 is 0 Å². The Bertz CT molecular complexity index is 885. The molecule has 0 atom stereocenters. The van der Waals surface area contributed by atoms with Crippen LogP contribution in [0.5, 0.6) is 0 Å². The fourth-order valence-electron chi connectivity index (χ4n) is 2.58. The second-order valence-electron chi connectivity index (χ2n) is 6.14. The summed E-state index contributed by atoms with van der Waals surface area (Å²) in [5.41, 5.74) is 1.49. The number of carbonyl (C=O) groups excluding carboxylic acids is 1. The summed E-state index contributed by atoms with van der Waals surface area (Å²) in [6.07, 6.45) is 2.49. The molecule has 1 amide bonds. The summed E-state index contributed by atoms with van der Waals surface area (Å²) in [5, 5.41) is 2.64. The first-order valence-electron chi connectivity index (χ1n) is 8.62. The highest BCUT2D eigenvalue weighted by molar-refractivity contribution is 7.91. The first-order valence-corrected chi connectivity index (χ1v) is 10.2.